The van der Waals surface area contributed by atoms with Gasteiger partial charge >= 0.3 is 5.97 Å². The lowest BCUT2D eigenvalue weighted by Gasteiger charge is -2.15. The Morgan fingerprint density at radius 2 is 1.69 bits per heavy atom. The van der Waals surface area contributed by atoms with Crippen LogP contribution in [-0.2, 0) is 16.0 Å². The number of hydrogen-bond acceptors (Lipinski definition) is 6. The van der Waals surface area contributed by atoms with Crippen molar-refractivity contribution in [2.75, 3.05) is 46.8 Å². The van der Waals surface area contributed by atoms with Crippen LogP contribution in [0.1, 0.15) is 21.5 Å². The van der Waals surface area contributed by atoms with Gasteiger partial charge in [0.1, 0.15) is 6.61 Å². The maximum atomic E-state index is 13.0. The van der Waals surface area contributed by atoms with Gasteiger partial charge in [-0.2, -0.15) is 0 Å². The topological polar surface area (TPSA) is 77.1 Å². The number of ether oxygens (including phenoxy) is 3. The van der Waals surface area contributed by atoms with Gasteiger partial charge in [0.25, 0.3) is 0 Å². The van der Waals surface area contributed by atoms with E-state index < -0.39 is 0 Å². The van der Waals surface area contributed by atoms with Crippen LogP contribution >= 0.6 is 0 Å². The van der Waals surface area contributed by atoms with Crippen LogP contribution in [-0.4, -0.2) is 58.2 Å². The third-order valence-electron chi connectivity index (χ3n) is 5.55. The molecule has 0 bridgehead atoms. The molecule has 0 aliphatic carbocycles. The summed E-state index contributed by atoms with van der Waals surface area (Å²) in [6, 6.07) is 18.5. The quantitative estimate of drug-likeness (QED) is 0.432. The van der Waals surface area contributed by atoms with Crippen LogP contribution in [0, 0.1) is 6.92 Å². The van der Waals surface area contributed by atoms with Crippen molar-refractivity contribution in [3.8, 4) is 22.6 Å². The van der Waals surface area contributed by atoms with Gasteiger partial charge in [-0.05, 0) is 67.5 Å². The zero-order valence-corrected chi connectivity index (χ0v) is 20.9. The smallest absolute Gasteiger partial charge is 0.337 e. The van der Waals surface area contributed by atoms with Crippen molar-refractivity contribution in [2.24, 2.45) is 0 Å². The zero-order chi connectivity index (χ0) is 25.4. The molecule has 35 heavy (non-hydrogen) atoms. The Morgan fingerprint density at radius 3 is 2.37 bits per heavy atom. The van der Waals surface area contributed by atoms with Crippen LogP contribution in [0.3, 0.4) is 0 Å². The van der Waals surface area contributed by atoms with Gasteiger partial charge in [-0.3, -0.25) is 4.79 Å². The number of hydrogen-bond donors (Lipinski definition) is 1. The van der Waals surface area contributed by atoms with E-state index in [0.29, 0.717) is 29.4 Å². The van der Waals surface area contributed by atoms with Gasteiger partial charge < -0.3 is 24.4 Å². The first kappa shape index (κ1) is 25.8. The molecule has 0 atom stereocenters. The van der Waals surface area contributed by atoms with Crippen molar-refractivity contribution in [1.82, 2.24) is 4.90 Å². The van der Waals surface area contributed by atoms with Gasteiger partial charge in [0.2, 0.25) is 5.91 Å². The van der Waals surface area contributed by atoms with E-state index in [-0.39, 0.29) is 18.3 Å². The second kappa shape index (κ2) is 12.0. The van der Waals surface area contributed by atoms with E-state index in [2.05, 4.69) is 5.32 Å². The molecule has 0 radical (unpaired) electrons. The van der Waals surface area contributed by atoms with Crippen LogP contribution < -0.4 is 14.8 Å². The van der Waals surface area contributed by atoms with Crippen molar-refractivity contribution >= 4 is 17.6 Å². The van der Waals surface area contributed by atoms with Crippen LogP contribution in [0.5, 0.6) is 11.5 Å². The molecule has 1 amide bonds. The van der Waals surface area contributed by atoms with E-state index >= 15 is 0 Å². The summed E-state index contributed by atoms with van der Waals surface area (Å²) < 4.78 is 16.1. The number of aryl methyl sites for hydroxylation is 1. The van der Waals surface area contributed by atoms with Crippen LogP contribution in [0.4, 0.5) is 5.69 Å². The summed E-state index contributed by atoms with van der Waals surface area (Å²) >= 11 is 0. The summed E-state index contributed by atoms with van der Waals surface area (Å²) in [5, 5.41) is 2.96. The van der Waals surface area contributed by atoms with Gasteiger partial charge in [-0.25, -0.2) is 4.79 Å². The predicted molar refractivity (Wildman–Crippen MR) is 137 cm³/mol. The molecule has 0 fully saturated rings. The number of likely N-dealkylation sites (N-methyl/N-ethyl adjacent to an activating group) is 1. The van der Waals surface area contributed by atoms with Crippen molar-refractivity contribution in [1.29, 1.82) is 0 Å². The first-order valence-corrected chi connectivity index (χ1v) is 11.3. The largest absolute Gasteiger partial charge is 0.493 e. The number of methoxy groups -OCH3 is 2. The first-order chi connectivity index (χ1) is 16.8. The second-order valence-corrected chi connectivity index (χ2v) is 8.42. The molecule has 7 heteroatoms. The monoisotopic (exact) mass is 476 g/mol. The molecule has 184 valence electrons. The Morgan fingerprint density at radius 1 is 0.914 bits per heavy atom. The lowest BCUT2D eigenvalue weighted by molar-refractivity contribution is -0.115. The lowest BCUT2D eigenvalue weighted by atomic mass is 9.93. The van der Waals surface area contributed by atoms with Crippen LogP contribution in [0.2, 0.25) is 0 Å². The fourth-order valence-electron chi connectivity index (χ4n) is 3.73. The maximum Gasteiger partial charge on any atom is 0.337 e. The molecule has 3 aromatic carbocycles. The van der Waals surface area contributed by atoms with E-state index in [0.717, 1.165) is 28.8 Å². The number of nitrogens with zero attached hydrogens (tertiary/aromatic N) is 1. The highest BCUT2D eigenvalue weighted by atomic mass is 16.5. The zero-order valence-electron chi connectivity index (χ0n) is 20.9. The summed E-state index contributed by atoms with van der Waals surface area (Å²) in [6.45, 7) is 3.20. The number of rotatable bonds is 10. The minimum atomic E-state index is -0.378. The number of carbonyl (C=O) groups is 2. The molecular weight excluding hydrogens is 444 g/mol. The average molecular weight is 477 g/mol. The standard InChI is InChI=1S/C28H32N2O5/c1-19-16-21(28(32)34-5)10-12-23(19)24-9-7-6-8-20(24)17-27(31)29-22-11-13-25(33-4)26(18-22)35-15-14-30(2)3/h6-13,16,18H,14-15,17H2,1-5H3,(H,29,31). The minimum Gasteiger partial charge on any atom is -0.493 e. The Hall–Kier alpha value is -3.84. The van der Waals surface area contributed by atoms with E-state index in [1.54, 1.807) is 37.4 Å². The molecule has 0 aliphatic heterocycles. The van der Waals surface area contributed by atoms with Gasteiger partial charge in [0.05, 0.1) is 26.2 Å². The third-order valence-corrected chi connectivity index (χ3v) is 5.55. The summed E-state index contributed by atoms with van der Waals surface area (Å²) in [4.78, 5) is 26.8. The Labute approximate surface area is 206 Å². The number of carbonyl (C=O) groups excluding carboxylic acids is 2. The molecule has 0 saturated carbocycles. The number of nitrogens with one attached hydrogen (secondary N) is 1. The van der Waals surface area contributed by atoms with Crippen molar-refractivity contribution in [3.05, 3.63) is 77.4 Å². The SMILES string of the molecule is COC(=O)c1ccc(-c2ccccc2CC(=O)Nc2ccc(OC)c(OCCN(C)C)c2)c(C)c1. The second-order valence-electron chi connectivity index (χ2n) is 8.42. The van der Waals surface area contributed by atoms with Crippen molar-refractivity contribution in [3.63, 3.8) is 0 Å². The number of anilines is 1. The fourth-order valence-corrected chi connectivity index (χ4v) is 3.73. The molecule has 0 spiro atoms. The van der Waals surface area contributed by atoms with Gasteiger partial charge in [0.15, 0.2) is 11.5 Å². The fraction of sp³-hybridized carbons (Fsp3) is 0.286. The summed E-state index contributed by atoms with van der Waals surface area (Å²) in [5.41, 5.74) is 4.84. The van der Waals surface area contributed by atoms with Gasteiger partial charge in [-0.15, -0.1) is 0 Å². The van der Waals surface area contributed by atoms with Crippen molar-refractivity contribution in [2.45, 2.75) is 13.3 Å². The van der Waals surface area contributed by atoms with Gasteiger partial charge in [0, 0.05) is 18.3 Å². The van der Waals surface area contributed by atoms with E-state index in [1.807, 2.05) is 56.3 Å². The molecular formula is C28H32N2O5. The van der Waals surface area contributed by atoms with Crippen LogP contribution in [0.15, 0.2) is 60.7 Å². The lowest BCUT2D eigenvalue weighted by Crippen LogP contribution is -2.19. The predicted octanol–water partition coefficient (Wildman–Crippen LogP) is 4.58. The molecule has 0 aromatic heterocycles. The highest BCUT2D eigenvalue weighted by Gasteiger charge is 2.14. The normalized spacial score (nSPS) is 10.7. The third kappa shape index (κ3) is 6.83. The molecule has 1 N–H and O–H groups in total. The minimum absolute atomic E-state index is 0.148. The number of amides is 1. The Balaban J connectivity index is 1.77. The molecule has 0 aliphatic rings. The molecule has 7 nitrogen and oxygen atoms in total. The van der Waals surface area contributed by atoms with Crippen LogP contribution in [0.25, 0.3) is 11.1 Å². The Kier molecular flexibility index (Phi) is 8.86. The molecule has 0 unspecified atom stereocenters. The Bertz CT molecular complexity index is 1190. The van der Waals surface area contributed by atoms with E-state index in [1.165, 1.54) is 7.11 Å². The maximum absolute atomic E-state index is 13.0. The van der Waals surface area contributed by atoms with Gasteiger partial charge in [-0.1, -0.05) is 30.3 Å². The summed E-state index contributed by atoms with van der Waals surface area (Å²) in [6.07, 6.45) is 0.192. The number of benzene rings is 3. The van der Waals surface area contributed by atoms with E-state index in [9.17, 15) is 9.59 Å². The summed E-state index contributed by atoms with van der Waals surface area (Å²) in [5.74, 6) is 0.661. The molecule has 0 heterocycles. The molecule has 3 rings (SSSR count). The molecule has 0 saturated heterocycles. The average Bonchev–Trinajstić information content (AvgIpc) is 2.84. The first-order valence-electron chi connectivity index (χ1n) is 11.3. The highest BCUT2D eigenvalue weighted by Crippen LogP contribution is 2.31. The van der Waals surface area contributed by atoms with E-state index in [4.69, 9.17) is 14.2 Å². The summed E-state index contributed by atoms with van der Waals surface area (Å²) in [7, 11) is 6.90. The molecule has 3 aromatic rings. The van der Waals surface area contributed by atoms with Crippen molar-refractivity contribution < 1.29 is 23.8 Å². The number of esters is 1. The highest BCUT2D eigenvalue weighted by molar-refractivity contribution is 5.94.